The van der Waals surface area contributed by atoms with Gasteiger partial charge in [0.15, 0.2) is 0 Å². The molecule has 0 aliphatic carbocycles. The van der Waals surface area contributed by atoms with Crippen molar-refractivity contribution in [3.63, 3.8) is 0 Å². The lowest BCUT2D eigenvalue weighted by atomic mass is 10.2. The number of halogens is 1. The van der Waals surface area contributed by atoms with Crippen LogP contribution in [0.1, 0.15) is 0 Å². The third-order valence-corrected chi connectivity index (χ3v) is 2.76. The molecule has 1 atom stereocenters. The lowest BCUT2D eigenvalue weighted by Crippen LogP contribution is -2.51. The van der Waals surface area contributed by atoms with Crippen LogP contribution in [-0.4, -0.2) is 53.5 Å². The first-order valence-corrected chi connectivity index (χ1v) is 5.68. The number of hydrogen-bond donors (Lipinski definition) is 0. The Morgan fingerprint density at radius 1 is 1.58 bits per heavy atom. The molecule has 0 N–H and O–H groups in total. The molecule has 0 amide bonds. The first-order valence-electron chi connectivity index (χ1n) is 4.16. The summed E-state index contributed by atoms with van der Waals surface area (Å²) < 4.78 is 1.15. The van der Waals surface area contributed by atoms with Gasteiger partial charge >= 0.3 is 0 Å². The monoisotopic (exact) mass is 279 g/mol. The van der Waals surface area contributed by atoms with Gasteiger partial charge in [-0.3, -0.25) is 9.80 Å². The van der Waals surface area contributed by atoms with Crippen molar-refractivity contribution in [1.29, 1.82) is 5.26 Å². The maximum atomic E-state index is 8.83. The molecule has 1 saturated heterocycles. The Hall–Kier alpha value is 0.140. The number of hydrogen-bond acceptors (Lipinski definition) is 3. The molecule has 0 aromatic rings. The van der Waals surface area contributed by atoms with Crippen LogP contribution in [0.15, 0.2) is 0 Å². The van der Waals surface area contributed by atoms with Crippen LogP contribution in [0, 0.1) is 11.3 Å². The van der Waals surface area contributed by atoms with E-state index >= 15 is 0 Å². The minimum Gasteiger partial charge on any atom is -0.299 e. The van der Waals surface area contributed by atoms with Gasteiger partial charge in [0.05, 0.1) is 6.07 Å². The summed E-state index contributed by atoms with van der Waals surface area (Å²) in [5, 5.41) is 8.83. The van der Waals surface area contributed by atoms with Gasteiger partial charge in [0.1, 0.15) is 6.04 Å². The molecule has 3 nitrogen and oxygen atoms in total. The highest BCUT2D eigenvalue weighted by atomic mass is 127. The fourth-order valence-corrected chi connectivity index (χ4v) is 2.07. The highest BCUT2D eigenvalue weighted by Gasteiger charge is 2.22. The van der Waals surface area contributed by atoms with E-state index in [9.17, 15) is 0 Å². The molecule has 1 heterocycles. The van der Waals surface area contributed by atoms with Gasteiger partial charge in [0, 0.05) is 30.6 Å². The zero-order valence-corrected chi connectivity index (χ0v) is 9.49. The van der Waals surface area contributed by atoms with Crippen molar-refractivity contribution in [3.8, 4) is 6.07 Å². The first-order chi connectivity index (χ1) is 5.77. The number of likely N-dealkylation sites (N-methyl/N-ethyl adjacent to an activating group) is 1. The molecule has 0 saturated carbocycles. The second kappa shape index (κ2) is 5.00. The molecule has 12 heavy (non-hydrogen) atoms. The standard InChI is InChI=1S/C8H14IN3/c1-11-4-5-12(3-2-9)7-8(11)6-10/h8H,2-5,7H2,1H3. The van der Waals surface area contributed by atoms with Gasteiger partial charge < -0.3 is 0 Å². The molecular formula is C8H14IN3. The van der Waals surface area contributed by atoms with Crippen molar-refractivity contribution in [2.75, 3.05) is 37.7 Å². The summed E-state index contributed by atoms with van der Waals surface area (Å²) in [6.45, 7) is 4.16. The molecule has 0 bridgehead atoms. The second-order valence-electron chi connectivity index (χ2n) is 3.12. The highest BCUT2D eigenvalue weighted by molar-refractivity contribution is 14.1. The first kappa shape index (κ1) is 10.2. The number of nitrogens with zero attached hydrogens (tertiary/aromatic N) is 3. The van der Waals surface area contributed by atoms with Crippen LogP contribution in [0.5, 0.6) is 0 Å². The van der Waals surface area contributed by atoms with Crippen molar-refractivity contribution in [2.45, 2.75) is 6.04 Å². The van der Waals surface area contributed by atoms with Gasteiger partial charge in [-0.2, -0.15) is 5.26 Å². The highest BCUT2D eigenvalue weighted by Crippen LogP contribution is 2.06. The van der Waals surface area contributed by atoms with Crippen LogP contribution in [0.3, 0.4) is 0 Å². The number of nitriles is 1. The van der Waals surface area contributed by atoms with E-state index in [4.69, 9.17) is 5.26 Å². The van der Waals surface area contributed by atoms with Crippen molar-refractivity contribution < 1.29 is 0 Å². The Kier molecular flexibility index (Phi) is 4.26. The number of alkyl halides is 1. The van der Waals surface area contributed by atoms with E-state index in [-0.39, 0.29) is 6.04 Å². The van der Waals surface area contributed by atoms with Crippen LogP contribution >= 0.6 is 22.6 Å². The molecule has 68 valence electrons. The molecule has 0 aromatic carbocycles. The predicted octanol–water partition coefficient (Wildman–Crippen LogP) is 0.561. The van der Waals surface area contributed by atoms with E-state index in [1.54, 1.807) is 0 Å². The predicted molar refractivity (Wildman–Crippen MR) is 57.4 cm³/mol. The third-order valence-electron chi connectivity index (χ3n) is 2.28. The van der Waals surface area contributed by atoms with Gasteiger partial charge in [-0.15, -0.1) is 0 Å². The average molecular weight is 279 g/mol. The summed E-state index contributed by atoms with van der Waals surface area (Å²) >= 11 is 2.38. The molecule has 1 rings (SSSR count). The summed E-state index contributed by atoms with van der Waals surface area (Å²) in [6, 6.07) is 2.42. The zero-order chi connectivity index (χ0) is 8.97. The van der Waals surface area contributed by atoms with Gasteiger partial charge in [-0.25, -0.2) is 0 Å². The quantitative estimate of drug-likeness (QED) is 0.546. The maximum Gasteiger partial charge on any atom is 0.110 e. The van der Waals surface area contributed by atoms with Crippen molar-refractivity contribution in [3.05, 3.63) is 0 Å². The molecule has 1 aliphatic heterocycles. The molecule has 0 radical (unpaired) electrons. The summed E-state index contributed by atoms with van der Waals surface area (Å²) in [5.74, 6) is 0. The molecule has 1 unspecified atom stereocenters. The number of piperazine rings is 1. The van der Waals surface area contributed by atoms with Crippen molar-refractivity contribution in [1.82, 2.24) is 9.80 Å². The Balaban J connectivity index is 2.40. The topological polar surface area (TPSA) is 30.3 Å². The van der Waals surface area contributed by atoms with Crippen molar-refractivity contribution in [2.24, 2.45) is 0 Å². The lowest BCUT2D eigenvalue weighted by molar-refractivity contribution is 0.129. The van der Waals surface area contributed by atoms with E-state index in [2.05, 4.69) is 38.5 Å². The molecule has 1 fully saturated rings. The number of rotatable bonds is 2. The van der Waals surface area contributed by atoms with Crippen molar-refractivity contribution >= 4 is 22.6 Å². The summed E-state index contributed by atoms with van der Waals surface area (Å²) in [6.07, 6.45) is 0. The molecule has 0 aromatic heterocycles. The lowest BCUT2D eigenvalue weighted by Gasteiger charge is -2.35. The fourth-order valence-electron chi connectivity index (χ4n) is 1.39. The Morgan fingerprint density at radius 2 is 2.33 bits per heavy atom. The summed E-state index contributed by atoms with van der Waals surface area (Å²) in [7, 11) is 2.02. The van der Waals surface area contributed by atoms with Crippen LogP contribution in [0.4, 0.5) is 0 Å². The minimum absolute atomic E-state index is 0.0988. The molecule has 1 aliphatic rings. The van der Waals surface area contributed by atoms with Crippen LogP contribution in [0.2, 0.25) is 0 Å². The molecule has 4 heteroatoms. The van der Waals surface area contributed by atoms with E-state index in [0.29, 0.717) is 0 Å². The van der Waals surface area contributed by atoms with Crippen LogP contribution in [-0.2, 0) is 0 Å². The largest absolute Gasteiger partial charge is 0.299 e. The fraction of sp³-hybridized carbons (Fsp3) is 0.875. The Labute approximate surface area is 87.5 Å². The van der Waals surface area contributed by atoms with E-state index in [0.717, 1.165) is 30.6 Å². The Morgan fingerprint density at radius 3 is 2.92 bits per heavy atom. The summed E-state index contributed by atoms with van der Waals surface area (Å²) in [4.78, 5) is 4.49. The van der Waals surface area contributed by atoms with Crippen LogP contribution in [0.25, 0.3) is 0 Å². The SMILES string of the molecule is CN1CCN(CCI)CC1C#N. The second-order valence-corrected chi connectivity index (χ2v) is 4.19. The smallest absolute Gasteiger partial charge is 0.110 e. The third kappa shape index (κ3) is 2.57. The normalized spacial score (nSPS) is 26.9. The van der Waals surface area contributed by atoms with Gasteiger partial charge in [-0.1, -0.05) is 22.6 Å². The van der Waals surface area contributed by atoms with E-state index < -0.39 is 0 Å². The maximum absolute atomic E-state index is 8.83. The van der Waals surface area contributed by atoms with E-state index in [1.807, 2.05) is 7.05 Å². The minimum atomic E-state index is 0.0988. The van der Waals surface area contributed by atoms with E-state index in [1.165, 1.54) is 0 Å². The average Bonchev–Trinajstić information content (AvgIpc) is 2.09. The molecular weight excluding hydrogens is 265 g/mol. The van der Waals surface area contributed by atoms with Gasteiger partial charge in [0.25, 0.3) is 0 Å². The van der Waals surface area contributed by atoms with Gasteiger partial charge in [-0.05, 0) is 7.05 Å². The molecule has 0 spiro atoms. The van der Waals surface area contributed by atoms with Crippen LogP contribution < -0.4 is 0 Å². The zero-order valence-electron chi connectivity index (χ0n) is 7.33. The summed E-state index contributed by atoms with van der Waals surface area (Å²) in [5.41, 5.74) is 0. The van der Waals surface area contributed by atoms with Gasteiger partial charge in [0.2, 0.25) is 0 Å². The Bertz CT molecular complexity index is 178.